The molecular formula is C23H22N4O2. The largest absolute Gasteiger partial charge is 0.356 e. The van der Waals surface area contributed by atoms with Gasteiger partial charge in [-0.25, -0.2) is 4.98 Å². The molecule has 1 amide bonds. The Kier molecular flexibility index (Phi) is 4.01. The van der Waals surface area contributed by atoms with E-state index in [0.717, 1.165) is 40.3 Å². The van der Waals surface area contributed by atoms with Crippen LogP contribution in [0.3, 0.4) is 0 Å². The Morgan fingerprint density at radius 1 is 1.21 bits per heavy atom. The van der Waals surface area contributed by atoms with E-state index in [2.05, 4.69) is 27.5 Å². The van der Waals surface area contributed by atoms with Crippen LogP contribution in [0.25, 0.3) is 11.3 Å². The Morgan fingerprint density at radius 2 is 2.00 bits per heavy atom. The van der Waals surface area contributed by atoms with Crippen LogP contribution in [0.15, 0.2) is 48.7 Å². The predicted molar refractivity (Wildman–Crippen MR) is 112 cm³/mol. The molecule has 3 aromatic rings. The first-order chi connectivity index (χ1) is 14.0. The van der Waals surface area contributed by atoms with Gasteiger partial charge in [-0.05, 0) is 42.5 Å². The molecule has 29 heavy (non-hydrogen) atoms. The topological polar surface area (TPSA) is 86.9 Å². The average molecular weight is 386 g/mol. The zero-order valence-corrected chi connectivity index (χ0v) is 16.3. The van der Waals surface area contributed by atoms with Crippen molar-refractivity contribution in [3.63, 3.8) is 0 Å². The molecule has 6 nitrogen and oxygen atoms in total. The van der Waals surface area contributed by atoms with Crippen LogP contribution < -0.4 is 10.6 Å². The third kappa shape index (κ3) is 3.01. The molecule has 2 aliphatic carbocycles. The summed E-state index contributed by atoms with van der Waals surface area (Å²) in [5, 5.41) is 6.19. The van der Waals surface area contributed by atoms with Crippen LogP contribution >= 0.6 is 0 Å². The van der Waals surface area contributed by atoms with Crippen LogP contribution in [0.5, 0.6) is 0 Å². The lowest BCUT2D eigenvalue weighted by Crippen LogP contribution is -2.14. The Bertz CT molecular complexity index is 1120. The normalized spacial score (nSPS) is 21.9. The smallest absolute Gasteiger partial charge is 0.222 e. The fraction of sp³-hybridized carbons (Fsp3) is 0.261. The number of nitrogens with one attached hydrogen (secondary N) is 3. The maximum atomic E-state index is 13.2. The number of para-hydroxylation sites is 1. The maximum Gasteiger partial charge on any atom is 0.222 e. The summed E-state index contributed by atoms with van der Waals surface area (Å²) in [7, 11) is 0. The highest BCUT2D eigenvalue weighted by molar-refractivity contribution is 6.10. The fourth-order valence-corrected chi connectivity index (χ4v) is 4.51. The van der Waals surface area contributed by atoms with E-state index < -0.39 is 0 Å². The number of carbonyl (C=O) groups is 2. The second kappa shape index (κ2) is 6.58. The van der Waals surface area contributed by atoms with Crippen molar-refractivity contribution in [2.45, 2.75) is 20.3 Å². The lowest BCUT2D eigenvalue weighted by Gasteiger charge is -2.13. The number of anilines is 3. The number of rotatable bonds is 4. The Morgan fingerprint density at radius 3 is 2.76 bits per heavy atom. The van der Waals surface area contributed by atoms with E-state index in [0.29, 0.717) is 17.7 Å². The minimum Gasteiger partial charge on any atom is -0.356 e. The van der Waals surface area contributed by atoms with Gasteiger partial charge in [-0.1, -0.05) is 25.1 Å². The number of aromatic nitrogens is 2. The quantitative estimate of drug-likeness (QED) is 0.620. The van der Waals surface area contributed by atoms with Gasteiger partial charge in [0.1, 0.15) is 5.82 Å². The van der Waals surface area contributed by atoms with Crippen LogP contribution in [0.4, 0.5) is 17.2 Å². The molecule has 1 unspecified atom stereocenters. The fourth-order valence-electron chi connectivity index (χ4n) is 4.51. The summed E-state index contributed by atoms with van der Waals surface area (Å²) in [6, 6.07) is 13.5. The van der Waals surface area contributed by atoms with Crippen LogP contribution in [-0.4, -0.2) is 21.7 Å². The number of nitrogens with zero attached hydrogens (tertiary/aromatic N) is 1. The van der Waals surface area contributed by atoms with Crippen molar-refractivity contribution in [2.24, 2.45) is 17.8 Å². The van der Waals surface area contributed by atoms with Crippen molar-refractivity contribution in [3.05, 3.63) is 59.9 Å². The molecule has 3 atom stereocenters. The lowest BCUT2D eigenvalue weighted by atomic mass is 9.95. The molecular weight excluding hydrogens is 364 g/mol. The second-order valence-corrected chi connectivity index (χ2v) is 7.95. The Labute approximate surface area is 168 Å². The molecule has 0 radical (unpaired) electrons. The van der Waals surface area contributed by atoms with Gasteiger partial charge in [-0.15, -0.1) is 0 Å². The molecule has 1 fully saturated rings. The van der Waals surface area contributed by atoms with E-state index in [1.165, 1.54) is 6.92 Å². The number of amides is 1. The third-order valence-electron chi connectivity index (χ3n) is 6.02. The van der Waals surface area contributed by atoms with Crippen LogP contribution in [0, 0.1) is 17.8 Å². The number of aromatic amines is 1. The van der Waals surface area contributed by atoms with Gasteiger partial charge in [0.15, 0.2) is 5.78 Å². The molecule has 2 aromatic heterocycles. The molecule has 5 rings (SSSR count). The van der Waals surface area contributed by atoms with Crippen molar-refractivity contribution in [2.75, 3.05) is 10.6 Å². The molecule has 0 spiro atoms. The first kappa shape index (κ1) is 17.7. The first-order valence-electron chi connectivity index (χ1n) is 9.88. The Hall–Kier alpha value is -3.41. The number of benzene rings is 1. The molecule has 0 bridgehead atoms. The second-order valence-electron chi connectivity index (χ2n) is 7.95. The maximum absolute atomic E-state index is 13.2. The number of pyridine rings is 1. The number of ketones is 1. The van der Waals surface area contributed by atoms with E-state index in [-0.39, 0.29) is 17.6 Å². The van der Waals surface area contributed by atoms with Crippen LogP contribution in [0.2, 0.25) is 0 Å². The van der Waals surface area contributed by atoms with E-state index in [1.807, 2.05) is 42.5 Å². The highest BCUT2D eigenvalue weighted by Gasteiger charge is 2.55. The molecule has 146 valence electrons. The lowest BCUT2D eigenvalue weighted by molar-refractivity contribution is -0.114. The molecule has 1 aromatic carbocycles. The monoisotopic (exact) mass is 386 g/mol. The Balaban J connectivity index is 1.62. The van der Waals surface area contributed by atoms with Crippen molar-refractivity contribution in [3.8, 4) is 11.3 Å². The number of hydrogen-bond donors (Lipinski definition) is 3. The molecule has 1 saturated carbocycles. The third-order valence-corrected chi connectivity index (χ3v) is 6.02. The zero-order chi connectivity index (χ0) is 20.1. The van der Waals surface area contributed by atoms with Crippen molar-refractivity contribution >= 4 is 28.9 Å². The number of H-pyrrole nitrogens is 1. The summed E-state index contributed by atoms with van der Waals surface area (Å²) in [4.78, 5) is 32.3. The van der Waals surface area contributed by atoms with Gasteiger partial charge < -0.3 is 15.6 Å². The summed E-state index contributed by atoms with van der Waals surface area (Å²) in [6.45, 7) is 3.61. The van der Waals surface area contributed by atoms with Crippen molar-refractivity contribution < 1.29 is 9.59 Å². The minimum atomic E-state index is -0.174. The molecule has 2 heterocycles. The SMILES string of the molecule is CC(=O)Nc1cc(-c2[nH]c3c(c2Nc2ccccc2)C(=O)[C@@H]2C(C)[C@@H]2C3)ccn1. The summed E-state index contributed by atoms with van der Waals surface area (Å²) in [6.07, 6.45) is 2.55. The van der Waals surface area contributed by atoms with Gasteiger partial charge >= 0.3 is 0 Å². The number of Topliss-reactive ketones (excluding diaryl/α,β-unsaturated/α-hetero) is 1. The van der Waals surface area contributed by atoms with E-state index in [9.17, 15) is 9.59 Å². The first-order valence-corrected chi connectivity index (χ1v) is 9.88. The standard InChI is InChI=1S/C23H22N4O2/c1-12-16-11-17-20(23(29)19(12)16)22(26-15-6-4-3-5-7-15)21(27-17)14-8-9-24-18(10-14)25-13(2)28/h3-10,12,16,19,26-27H,11H2,1-2H3,(H,24,25,28)/t12?,16-,19+/m0/s1. The van der Waals surface area contributed by atoms with Crippen molar-refractivity contribution in [1.29, 1.82) is 0 Å². The molecule has 3 N–H and O–H groups in total. The average Bonchev–Trinajstić information content (AvgIpc) is 3.20. The molecule has 0 saturated heterocycles. The molecule has 6 heteroatoms. The highest BCUT2D eigenvalue weighted by Crippen LogP contribution is 2.55. The van der Waals surface area contributed by atoms with Crippen LogP contribution in [0.1, 0.15) is 29.9 Å². The van der Waals surface area contributed by atoms with Crippen molar-refractivity contribution in [1.82, 2.24) is 9.97 Å². The predicted octanol–water partition coefficient (Wildman–Crippen LogP) is 4.40. The summed E-state index contributed by atoms with van der Waals surface area (Å²) in [5.41, 5.74) is 5.19. The minimum absolute atomic E-state index is 0.134. The van der Waals surface area contributed by atoms with Crippen LogP contribution in [-0.2, 0) is 11.2 Å². The summed E-state index contributed by atoms with van der Waals surface area (Å²) in [5.74, 6) is 1.56. The highest BCUT2D eigenvalue weighted by atomic mass is 16.1. The molecule has 2 aliphatic rings. The molecule has 0 aliphatic heterocycles. The van der Waals surface area contributed by atoms with Gasteiger partial charge in [-0.2, -0.15) is 0 Å². The number of carbonyl (C=O) groups excluding carboxylic acids is 2. The number of fused-ring (bicyclic) bond motifs is 2. The summed E-state index contributed by atoms with van der Waals surface area (Å²) >= 11 is 0. The summed E-state index contributed by atoms with van der Waals surface area (Å²) < 4.78 is 0. The van der Waals surface area contributed by atoms with E-state index in [1.54, 1.807) is 6.20 Å². The zero-order valence-electron chi connectivity index (χ0n) is 16.3. The van der Waals surface area contributed by atoms with Gasteiger partial charge in [0.2, 0.25) is 5.91 Å². The van der Waals surface area contributed by atoms with Gasteiger partial charge in [0, 0.05) is 36.0 Å². The van der Waals surface area contributed by atoms with E-state index in [4.69, 9.17) is 0 Å². The van der Waals surface area contributed by atoms with E-state index >= 15 is 0 Å². The van der Waals surface area contributed by atoms with Gasteiger partial charge in [0.05, 0.1) is 16.9 Å². The number of hydrogen-bond acceptors (Lipinski definition) is 4. The van der Waals surface area contributed by atoms with Gasteiger partial charge in [-0.3, -0.25) is 9.59 Å². The van der Waals surface area contributed by atoms with Gasteiger partial charge in [0.25, 0.3) is 0 Å².